The largest absolute Gasteiger partial charge is 0.493 e. The minimum atomic E-state index is -0.974. The van der Waals surface area contributed by atoms with Crippen LogP contribution < -0.4 is 4.74 Å². The molecule has 0 aliphatic heterocycles. The third-order valence-corrected chi connectivity index (χ3v) is 2.90. The summed E-state index contributed by atoms with van der Waals surface area (Å²) in [5.41, 5.74) is 1.93. The van der Waals surface area contributed by atoms with Crippen LogP contribution in [0.1, 0.15) is 17.3 Å². The van der Waals surface area contributed by atoms with Crippen molar-refractivity contribution in [1.29, 1.82) is 0 Å². The molecule has 0 saturated heterocycles. The Balaban J connectivity index is 2.53. The van der Waals surface area contributed by atoms with Gasteiger partial charge in [-0.3, -0.25) is 0 Å². The standard InChI is InChI=1S/C15H13ClO3/c1-2-19-14-9-11(15(17)18)6-7-13(14)10-4-3-5-12(16)8-10/h3-9H,2H2,1H3,(H,17,18). The number of rotatable bonds is 4. The fraction of sp³-hybridized carbons (Fsp3) is 0.133. The van der Waals surface area contributed by atoms with Crippen LogP contribution in [0.15, 0.2) is 42.5 Å². The Morgan fingerprint density at radius 1 is 1.26 bits per heavy atom. The fourth-order valence-corrected chi connectivity index (χ4v) is 2.02. The van der Waals surface area contributed by atoms with Gasteiger partial charge in [-0.2, -0.15) is 0 Å². The van der Waals surface area contributed by atoms with Crippen molar-refractivity contribution in [3.63, 3.8) is 0 Å². The molecule has 0 aliphatic rings. The molecule has 0 spiro atoms. The van der Waals surface area contributed by atoms with E-state index in [-0.39, 0.29) is 5.56 Å². The Hall–Kier alpha value is -2.00. The molecule has 2 aromatic rings. The summed E-state index contributed by atoms with van der Waals surface area (Å²) in [5.74, 6) is -0.428. The van der Waals surface area contributed by atoms with Gasteiger partial charge in [-0.15, -0.1) is 0 Å². The van der Waals surface area contributed by atoms with Crippen LogP contribution in [0.5, 0.6) is 5.75 Å². The lowest BCUT2D eigenvalue weighted by molar-refractivity contribution is 0.0696. The zero-order chi connectivity index (χ0) is 13.8. The second kappa shape index (κ2) is 5.76. The van der Waals surface area contributed by atoms with Crippen LogP contribution in [0.3, 0.4) is 0 Å². The summed E-state index contributed by atoms with van der Waals surface area (Å²) in [5, 5.41) is 9.63. The molecule has 0 amide bonds. The summed E-state index contributed by atoms with van der Waals surface area (Å²) >= 11 is 5.97. The molecule has 0 radical (unpaired) electrons. The van der Waals surface area contributed by atoms with Gasteiger partial charge in [-0.1, -0.05) is 23.7 Å². The predicted molar refractivity (Wildman–Crippen MR) is 75.0 cm³/mol. The van der Waals surface area contributed by atoms with Crippen molar-refractivity contribution in [1.82, 2.24) is 0 Å². The number of halogens is 1. The predicted octanol–water partition coefficient (Wildman–Crippen LogP) is 4.10. The van der Waals surface area contributed by atoms with Gasteiger partial charge < -0.3 is 9.84 Å². The highest BCUT2D eigenvalue weighted by molar-refractivity contribution is 6.30. The summed E-state index contributed by atoms with van der Waals surface area (Å²) in [4.78, 5) is 11.0. The molecule has 98 valence electrons. The highest BCUT2D eigenvalue weighted by atomic mass is 35.5. The number of benzene rings is 2. The van der Waals surface area contributed by atoms with Gasteiger partial charge in [-0.25, -0.2) is 4.79 Å². The maximum atomic E-state index is 11.0. The SMILES string of the molecule is CCOc1cc(C(=O)O)ccc1-c1cccc(Cl)c1. The van der Waals surface area contributed by atoms with Gasteiger partial charge in [0.15, 0.2) is 0 Å². The van der Waals surface area contributed by atoms with Crippen LogP contribution in [0.25, 0.3) is 11.1 Å². The highest BCUT2D eigenvalue weighted by Crippen LogP contribution is 2.32. The quantitative estimate of drug-likeness (QED) is 0.914. The number of carboxylic acid groups (broad SMARTS) is 1. The van der Waals surface area contributed by atoms with Gasteiger partial charge in [0.25, 0.3) is 0 Å². The second-order valence-corrected chi connectivity index (χ2v) is 4.40. The molecule has 0 aromatic heterocycles. The molecule has 0 atom stereocenters. The molecule has 19 heavy (non-hydrogen) atoms. The lowest BCUT2D eigenvalue weighted by atomic mass is 10.0. The van der Waals surface area contributed by atoms with Crippen LogP contribution >= 0.6 is 11.6 Å². The van der Waals surface area contributed by atoms with E-state index in [2.05, 4.69) is 0 Å². The van der Waals surface area contributed by atoms with Gasteiger partial charge in [-0.05, 0) is 42.8 Å². The second-order valence-electron chi connectivity index (χ2n) is 3.96. The summed E-state index contributed by atoms with van der Waals surface area (Å²) in [6.07, 6.45) is 0. The van der Waals surface area contributed by atoms with Gasteiger partial charge in [0.05, 0.1) is 12.2 Å². The Bertz CT molecular complexity index is 608. The summed E-state index contributed by atoms with van der Waals surface area (Å²) in [6, 6.07) is 12.2. The molecule has 0 bridgehead atoms. The van der Waals surface area contributed by atoms with Crippen molar-refractivity contribution < 1.29 is 14.6 Å². The van der Waals surface area contributed by atoms with Crippen molar-refractivity contribution >= 4 is 17.6 Å². The molecule has 4 heteroatoms. The smallest absolute Gasteiger partial charge is 0.335 e. The fourth-order valence-electron chi connectivity index (χ4n) is 1.82. The van der Waals surface area contributed by atoms with Crippen molar-refractivity contribution in [2.45, 2.75) is 6.92 Å². The first kappa shape index (κ1) is 13.4. The van der Waals surface area contributed by atoms with Crippen LogP contribution in [-0.2, 0) is 0 Å². The number of carboxylic acids is 1. The molecule has 0 unspecified atom stereocenters. The third-order valence-electron chi connectivity index (χ3n) is 2.66. The third kappa shape index (κ3) is 3.06. The topological polar surface area (TPSA) is 46.5 Å². The molecule has 3 nitrogen and oxygen atoms in total. The van der Waals surface area contributed by atoms with Crippen LogP contribution in [-0.4, -0.2) is 17.7 Å². The number of ether oxygens (including phenoxy) is 1. The summed E-state index contributed by atoms with van der Waals surface area (Å²) in [6.45, 7) is 2.33. The zero-order valence-electron chi connectivity index (χ0n) is 10.4. The van der Waals surface area contributed by atoms with Crippen LogP contribution in [0.4, 0.5) is 0 Å². The molecule has 2 rings (SSSR count). The van der Waals surface area contributed by atoms with Crippen LogP contribution in [0, 0.1) is 0 Å². The average molecular weight is 277 g/mol. The molecular formula is C15H13ClO3. The van der Waals surface area contributed by atoms with E-state index in [0.717, 1.165) is 11.1 Å². The molecule has 0 fully saturated rings. The van der Waals surface area contributed by atoms with Crippen molar-refractivity contribution in [2.75, 3.05) is 6.61 Å². The van der Waals surface area contributed by atoms with E-state index in [1.54, 1.807) is 18.2 Å². The Kier molecular flexibility index (Phi) is 4.07. The van der Waals surface area contributed by atoms with Crippen molar-refractivity contribution in [3.05, 3.63) is 53.1 Å². The Morgan fingerprint density at radius 3 is 2.68 bits per heavy atom. The van der Waals surface area contributed by atoms with E-state index in [4.69, 9.17) is 21.4 Å². The Morgan fingerprint density at radius 2 is 2.05 bits per heavy atom. The minimum absolute atomic E-state index is 0.203. The monoisotopic (exact) mass is 276 g/mol. The number of hydrogen-bond acceptors (Lipinski definition) is 2. The molecule has 0 aliphatic carbocycles. The lowest BCUT2D eigenvalue weighted by Gasteiger charge is -2.11. The van der Waals surface area contributed by atoms with Gasteiger partial charge in [0, 0.05) is 10.6 Å². The molecule has 2 aromatic carbocycles. The average Bonchev–Trinajstić information content (AvgIpc) is 2.39. The maximum absolute atomic E-state index is 11.0. The van der Waals surface area contributed by atoms with E-state index >= 15 is 0 Å². The first-order valence-corrected chi connectivity index (χ1v) is 6.25. The molecule has 1 N–H and O–H groups in total. The first-order valence-electron chi connectivity index (χ1n) is 5.88. The number of carbonyl (C=O) groups is 1. The molecular weight excluding hydrogens is 264 g/mol. The number of aromatic carboxylic acids is 1. The molecule has 0 saturated carbocycles. The van der Waals surface area contributed by atoms with Gasteiger partial charge in [0.2, 0.25) is 0 Å². The number of hydrogen-bond donors (Lipinski definition) is 1. The molecule has 0 heterocycles. The van der Waals surface area contributed by atoms with E-state index in [1.165, 1.54) is 6.07 Å². The lowest BCUT2D eigenvalue weighted by Crippen LogP contribution is -2.00. The Labute approximate surface area is 116 Å². The van der Waals surface area contributed by atoms with E-state index in [9.17, 15) is 4.79 Å². The summed E-state index contributed by atoms with van der Waals surface area (Å²) in [7, 11) is 0. The first-order chi connectivity index (χ1) is 9.11. The minimum Gasteiger partial charge on any atom is -0.493 e. The van der Waals surface area contributed by atoms with E-state index in [1.807, 2.05) is 25.1 Å². The van der Waals surface area contributed by atoms with Crippen LogP contribution in [0.2, 0.25) is 5.02 Å². The normalized spacial score (nSPS) is 10.2. The van der Waals surface area contributed by atoms with Crippen molar-refractivity contribution in [2.24, 2.45) is 0 Å². The van der Waals surface area contributed by atoms with Gasteiger partial charge >= 0.3 is 5.97 Å². The van der Waals surface area contributed by atoms with Crippen molar-refractivity contribution in [3.8, 4) is 16.9 Å². The van der Waals surface area contributed by atoms with E-state index in [0.29, 0.717) is 17.4 Å². The maximum Gasteiger partial charge on any atom is 0.335 e. The zero-order valence-corrected chi connectivity index (χ0v) is 11.1. The van der Waals surface area contributed by atoms with E-state index < -0.39 is 5.97 Å². The van der Waals surface area contributed by atoms with Gasteiger partial charge in [0.1, 0.15) is 5.75 Å². The summed E-state index contributed by atoms with van der Waals surface area (Å²) < 4.78 is 5.52. The highest BCUT2D eigenvalue weighted by Gasteiger charge is 2.11.